The number of hydrogen-bond acceptors (Lipinski definition) is 7. The zero-order chi connectivity index (χ0) is 17.6. The van der Waals surface area contributed by atoms with Gasteiger partial charge in [0.05, 0.1) is 24.9 Å². The predicted molar refractivity (Wildman–Crippen MR) is 99.3 cm³/mol. The molecule has 3 rings (SSSR count). The molecule has 2 aromatic carbocycles. The Hall–Kier alpha value is -2.93. The first-order valence-corrected chi connectivity index (χ1v) is 8.65. The highest BCUT2D eigenvalue weighted by Crippen LogP contribution is 2.25. The van der Waals surface area contributed by atoms with Gasteiger partial charge in [0.1, 0.15) is 5.75 Å². The Morgan fingerprint density at radius 3 is 3.04 bits per heavy atom. The van der Waals surface area contributed by atoms with Crippen LogP contribution in [0.5, 0.6) is 5.75 Å². The van der Waals surface area contributed by atoms with Crippen molar-refractivity contribution in [1.82, 2.24) is 4.98 Å². The Bertz CT molecular complexity index is 921. The lowest BCUT2D eigenvalue weighted by Crippen LogP contribution is -2.07. The van der Waals surface area contributed by atoms with Crippen LogP contribution in [-0.4, -0.2) is 28.9 Å². The molecule has 3 aromatic rings. The number of fused-ring (bicyclic) bond motifs is 1. The molecule has 6 nitrogen and oxygen atoms in total. The molecule has 0 saturated carbocycles. The summed E-state index contributed by atoms with van der Waals surface area (Å²) in [6, 6.07) is 11.3. The number of esters is 1. The lowest BCUT2D eigenvalue weighted by Gasteiger charge is -2.04. The molecule has 1 aromatic heterocycles. The van der Waals surface area contributed by atoms with Crippen LogP contribution in [-0.2, 0) is 16.0 Å². The standard InChI is InChI=1S/C18H17N3O3S/c1-2-24-17(23)9-13-11-25-18(20-13)21-19-10-15-14-6-4-3-5-12(14)7-8-16(15)22/h3-8,10-11,22H,2,9H2,1H3,(H,20,21). The van der Waals surface area contributed by atoms with Crippen LogP contribution >= 0.6 is 11.3 Å². The van der Waals surface area contributed by atoms with Gasteiger partial charge >= 0.3 is 5.97 Å². The van der Waals surface area contributed by atoms with Crippen molar-refractivity contribution in [3.63, 3.8) is 0 Å². The Morgan fingerprint density at radius 2 is 2.20 bits per heavy atom. The number of phenols is 1. The van der Waals surface area contributed by atoms with Crippen molar-refractivity contribution in [2.45, 2.75) is 13.3 Å². The Morgan fingerprint density at radius 1 is 1.36 bits per heavy atom. The van der Waals surface area contributed by atoms with Crippen LogP contribution in [0.2, 0.25) is 0 Å². The molecule has 0 aliphatic rings. The number of carbonyl (C=O) groups is 1. The molecule has 0 unspecified atom stereocenters. The van der Waals surface area contributed by atoms with E-state index in [1.165, 1.54) is 11.3 Å². The highest BCUT2D eigenvalue weighted by atomic mass is 32.1. The summed E-state index contributed by atoms with van der Waals surface area (Å²) < 4.78 is 4.90. The molecule has 128 valence electrons. The van der Waals surface area contributed by atoms with Crippen LogP contribution in [0.1, 0.15) is 18.2 Å². The van der Waals surface area contributed by atoms with Crippen molar-refractivity contribution in [1.29, 1.82) is 0 Å². The number of hydrogen-bond donors (Lipinski definition) is 2. The normalized spacial score (nSPS) is 11.1. The molecule has 0 amide bonds. The summed E-state index contributed by atoms with van der Waals surface area (Å²) in [5, 5.41) is 18.5. The summed E-state index contributed by atoms with van der Waals surface area (Å²) in [5.74, 6) is -0.144. The summed E-state index contributed by atoms with van der Waals surface area (Å²) in [6.07, 6.45) is 1.70. The van der Waals surface area contributed by atoms with Crippen LogP contribution in [0.4, 0.5) is 5.13 Å². The third-order valence-corrected chi connectivity index (χ3v) is 4.28. The Labute approximate surface area is 148 Å². The van der Waals surface area contributed by atoms with Gasteiger partial charge in [0.25, 0.3) is 0 Å². The molecule has 0 aliphatic carbocycles. The Kier molecular flexibility index (Phi) is 5.25. The van der Waals surface area contributed by atoms with E-state index in [9.17, 15) is 9.90 Å². The molecule has 0 bridgehead atoms. The maximum Gasteiger partial charge on any atom is 0.311 e. The first-order chi connectivity index (χ1) is 12.2. The molecular weight excluding hydrogens is 338 g/mol. The number of hydrazone groups is 1. The molecule has 0 atom stereocenters. The first kappa shape index (κ1) is 16.9. The zero-order valence-electron chi connectivity index (χ0n) is 13.6. The third-order valence-electron chi connectivity index (χ3n) is 3.48. The second-order valence-electron chi connectivity index (χ2n) is 5.22. The van der Waals surface area contributed by atoms with Gasteiger partial charge in [0.15, 0.2) is 0 Å². The lowest BCUT2D eigenvalue weighted by atomic mass is 10.0. The number of rotatable bonds is 6. The number of nitrogens with one attached hydrogen (secondary N) is 1. The fourth-order valence-corrected chi connectivity index (χ4v) is 3.03. The minimum absolute atomic E-state index is 0.139. The van der Waals surface area contributed by atoms with Crippen molar-refractivity contribution in [2.24, 2.45) is 5.10 Å². The second-order valence-corrected chi connectivity index (χ2v) is 6.07. The highest BCUT2D eigenvalue weighted by molar-refractivity contribution is 7.13. The van der Waals surface area contributed by atoms with Crippen LogP contribution in [0.25, 0.3) is 10.8 Å². The van der Waals surface area contributed by atoms with Gasteiger partial charge in [-0.3, -0.25) is 10.2 Å². The number of phenolic OH excluding ortho intramolecular Hbond substituents is 1. The van der Waals surface area contributed by atoms with E-state index in [2.05, 4.69) is 15.5 Å². The van der Waals surface area contributed by atoms with E-state index in [-0.39, 0.29) is 18.1 Å². The number of nitrogens with zero attached hydrogens (tertiary/aromatic N) is 2. The number of anilines is 1. The van der Waals surface area contributed by atoms with E-state index in [0.717, 1.165) is 10.8 Å². The summed E-state index contributed by atoms with van der Waals surface area (Å²) in [5.41, 5.74) is 4.09. The number of thiazole rings is 1. The van der Waals surface area contributed by atoms with Gasteiger partial charge in [0, 0.05) is 10.9 Å². The monoisotopic (exact) mass is 355 g/mol. The number of benzene rings is 2. The van der Waals surface area contributed by atoms with Crippen LogP contribution in [0, 0.1) is 0 Å². The average molecular weight is 355 g/mol. The topological polar surface area (TPSA) is 83.8 Å². The molecule has 2 N–H and O–H groups in total. The van der Waals surface area contributed by atoms with Gasteiger partial charge in [-0.25, -0.2) is 4.98 Å². The molecule has 0 saturated heterocycles. The van der Waals surface area contributed by atoms with Gasteiger partial charge < -0.3 is 9.84 Å². The molecule has 7 heteroatoms. The zero-order valence-corrected chi connectivity index (χ0v) is 14.4. The predicted octanol–water partition coefficient (Wildman–Crippen LogP) is 3.55. The van der Waals surface area contributed by atoms with Crippen LogP contribution < -0.4 is 5.43 Å². The van der Waals surface area contributed by atoms with Gasteiger partial charge in [-0.1, -0.05) is 30.3 Å². The molecule has 25 heavy (non-hydrogen) atoms. The SMILES string of the molecule is CCOC(=O)Cc1csc(NN=Cc2c(O)ccc3ccccc23)n1. The van der Waals surface area contributed by atoms with E-state index < -0.39 is 0 Å². The van der Waals surface area contributed by atoms with Crippen molar-refractivity contribution >= 4 is 39.4 Å². The fourth-order valence-electron chi connectivity index (χ4n) is 2.37. The van der Waals surface area contributed by atoms with E-state index >= 15 is 0 Å². The average Bonchev–Trinajstić information content (AvgIpc) is 3.04. The number of aromatic nitrogens is 1. The minimum Gasteiger partial charge on any atom is -0.507 e. The summed E-state index contributed by atoms with van der Waals surface area (Å²) in [4.78, 5) is 15.7. The maximum absolute atomic E-state index is 11.4. The molecule has 0 spiro atoms. The highest BCUT2D eigenvalue weighted by Gasteiger charge is 2.08. The molecule has 1 heterocycles. The van der Waals surface area contributed by atoms with E-state index in [4.69, 9.17) is 4.74 Å². The summed E-state index contributed by atoms with van der Waals surface area (Å²) >= 11 is 1.35. The van der Waals surface area contributed by atoms with Crippen molar-refractivity contribution in [2.75, 3.05) is 12.0 Å². The number of ether oxygens (including phenoxy) is 1. The molecule has 0 fully saturated rings. The van der Waals surface area contributed by atoms with Crippen molar-refractivity contribution < 1.29 is 14.6 Å². The molecule has 0 aliphatic heterocycles. The van der Waals surface area contributed by atoms with Crippen molar-refractivity contribution in [3.05, 3.63) is 53.0 Å². The van der Waals surface area contributed by atoms with Gasteiger partial charge in [0.2, 0.25) is 5.13 Å². The maximum atomic E-state index is 11.4. The van der Waals surface area contributed by atoms with Gasteiger partial charge in [-0.05, 0) is 23.8 Å². The van der Waals surface area contributed by atoms with Crippen LogP contribution in [0.3, 0.4) is 0 Å². The summed E-state index contributed by atoms with van der Waals surface area (Å²) in [6.45, 7) is 2.12. The Balaban J connectivity index is 1.71. The van der Waals surface area contributed by atoms with Crippen molar-refractivity contribution in [3.8, 4) is 5.75 Å². The smallest absolute Gasteiger partial charge is 0.311 e. The lowest BCUT2D eigenvalue weighted by molar-refractivity contribution is -0.142. The van der Waals surface area contributed by atoms with Gasteiger partial charge in [-0.15, -0.1) is 11.3 Å². The number of carbonyl (C=O) groups excluding carboxylic acids is 1. The van der Waals surface area contributed by atoms with E-state index in [1.54, 1.807) is 24.6 Å². The minimum atomic E-state index is -0.302. The van der Waals surface area contributed by atoms with E-state index in [1.807, 2.05) is 30.3 Å². The second kappa shape index (κ2) is 7.76. The largest absolute Gasteiger partial charge is 0.507 e. The van der Waals surface area contributed by atoms with Gasteiger partial charge in [-0.2, -0.15) is 5.10 Å². The third kappa shape index (κ3) is 4.13. The van der Waals surface area contributed by atoms with Crippen LogP contribution in [0.15, 0.2) is 46.9 Å². The molecule has 0 radical (unpaired) electrons. The summed E-state index contributed by atoms with van der Waals surface area (Å²) in [7, 11) is 0. The van der Waals surface area contributed by atoms with E-state index in [0.29, 0.717) is 23.0 Å². The molecular formula is C18H17N3O3S. The quantitative estimate of drug-likeness (QED) is 0.401. The number of aromatic hydroxyl groups is 1. The fraction of sp³-hybridized carbons (Fsp3) is 0.167. The first-order valence-electron chi connectivity index (χ1n) is 7.77.